The lowest BCUT2D eigenvalue weighted by Crippen LogP contribution is -2.35. The zero-order chi connectivity index (χ0) is 22.7. The average molecular weight is 471 g/mol. The Balaban J connectivity index is 1.65. The van der Waals surface area contributed by atoms with Crippen LogP contribution in [0.15, 0.2) is 71.6 Å². The van der Waals surface area contributed by atoms with Crippen molar-refractivity contribution in [3.8, 4) is 5.75 Å². The van der Waals surface area contributed by atoms with Crippen LogP contribution in [-0.4, -0.2) is 28.0 Å². The summed E-state index contributed by atoms with van der Waals surface area (Å²) < 4.78 is 34.0. The summed E-state index contributed by atoms with van der Waals surface area (Å²) in [7, 11) is -2.53. The minimum Gasteiger partial charge on any atom is -0.495 e. The van der Waals surface area contributed by atoms with E-state index in [9.17, 15) is 13.2 Å². The molecular formula is C24H23ClN2O4S. The predicted molar refractivity (Wildman–Crippen MR) is 125 cm³/mol. The first-order valence-electron chi connectivity index (χ1n) is 10.2. The second-order valence-corrected chi connectivity index (χ2v) is 9.69. The van der Waals surface area contributed by atoms with Crippen molar-refractivity contribution >= 4 is 33.2 Å². The van der Waals surface area contributed by atoms with Gasteiger partial charge in [-0.3, -0.25) is 9.10 Å². The van der Waals surface area contributed by atoms with Crippen molar-refractivity contribution in [3.63, 3.8) is 0 Å². The molecule has 1 aliphatic rings. The lowest BCUT2D eigenvalue weighted by molar-refractivity contribution is 0.0950. The fraction of sp³-hybridized carbons (Fsp3) is 0.208. The molecule has 0 aliphatic carbocycles. The molecule has 8 heteroatoms. The highest BCUT2D eigenvalue weighted by molar-refractivity contribution is 7.93. The van der Waals surface area contributed by atoms with Gasteiger partial charge in [-0.05, 0) is 54.3 Å². The van der Waals surface area contributed by atoms with Gasteiger partial charge in [-0.1, -0.05) is 48.0 Å². The van der Waals surface area contributed by atoms with Gasteiger partial charge in [-0.25, -0.2) is 8.42 Å². The molecule has 0 unspecified atom stereocenters. The molecule has 0 fully saturated rings. The zero-order valence-corrected chi connectivity index (χ0v) is 19.1. The number of halogens is 1. The van der Waals surface area contributed by atoms with Gasteiger partial charge >= 0.3 is 0 Å². The molecule has 0 saturated carbocycles. The minimum atomic E-state index is -3.94. The number of nitrogens with zero attached hydrogens (tertiary/aromatic N) is 1. The molecule has 0 bridgehead atoms. The molecule has 166 valence electrons. The Hall–Kier alpha value is -3.03. The van der Waals surface area contributed by atoms with Crippen LogP contribution in [0.5, 0.6) is 5.75 Å². The number of benzene rings is 3. The monoisotopic (exact) mass is 470 g/mol. The van der Waals surface area contributed by atoms with Crippen LogP contribution in [-0.2, 0) is 23.0 Å². The van der Waals surface area contributed by atoms with E-state index >= 15 is 0 Å². The largest absolute Gasteiger partial charge is 0.495 e. The summed E-state index contributed by atoms with van der Waals surface area (Å²) in [4.78, 5) is 12.7. The van der Waals surface area contributed by atoms with Gasteiger partial charge in [0.05, 0.1) is 12.8 Å². The molecule has 32 heavy (non-hydrogen) atoms. The van der Waals surface area contributed by atoms with E-state index in [0.29, 0.717) is 17.3 Å². The van der Waals surface area contributed by atoms with Crippen LogP contribution in [0.3, 0.4) is 0 Å². The van der Waals surface area contributed by atoms with Crippen molar-refractivity contribution in [2.75, 3.05) is 18.0 Å². The number of carbonyl (C=O) groups is 1. The molecule has 1 N–H and O–H groups in total. The molecule has 0 atom stereocenters. The normalized spacial score (nSPS) is 13.4. The SMILES string of the molecule is COc1ccc(C(=O)NCc2ccccc2Cl)cc1S(=O)(=O)N1CCCc2ccccc21. The van der Waals surface area contributed by atoms with E-state index in [2.05, 4.69) is 5.32 Å². The minimum absolute atomic E-state index is 0.0397. The van der Waals surface area contributed by atoms with Crippen LogP contribution >= 0.6 is 11.6 Å². The van der Waals surface area contributed by atoms with Crippen LogP contribution in [0.4, 0.5) is 5.69 Å². The highest BCUT2D eigenvalue weighted by atomic mass is 35.5. The molecule has 3 aromatic rings. The molecular weight excluding hydrogens is 448 g/mol. The fourth-order valence-corrected chi connectivity index (χ4v) is 5.73. The number of nitrogens with one attached hydrogen (secondary N) is 1. The number of amides is 1. The first-order valence-corrected chi connectivity index (χ1v) is 12.0. The maximum atomic E-state index is 13.6. The lowest BCUT2D eigenvalue weighted by Gasteiger charge is -2.31. The average Bonchev–Trinajstić information content (AvgIpc) is 2.82. The quantitative estimate of drug-likeness (QED) is 0.578. The maximum absolute atomic E-state index is 13.6. The van der Waals surface area contributed by atoms with Gasteiger partial charge in [-0.15, -0.1) is 0 Å². The smallest absolute Gasteiger partial charge is 0.268 e. The lowest BCUT2D eigenvalue weighted by atomic mass is 10.0. The predicted octanol–water partition coefficient (Wildman–Crippen LogP) is 4.42. The molecule has 0 saturated heterocycles. The third-order valence-electron chi connectivity index (χ3n) is 5.46. The molecule has 1 aliphatic heterocycles. The summed E-state index contributed by atoms with van der Waals surface area (Å²) in [5, 5.41) is 3.35. The van der Waals surface area contributed by atoms with Gasteiger partial charge in [0.2, 0.25) is 0 Å². The summed E-state index contributed by atoms with van der Waals surface area (Å²) in [6.07, 6.45) is 1.54. The fourth-order valence-electron chi connectivity index (χ4n) is 3.81. The van der Waals surface area contributed by atoms with Gasteiger partial charge in [0, 0.05) is 23.7 Å². The Bertz CT molecular complexity index is 1260. The number of carbonyl (C=O) groups excluding carboxylic acids is 1. The van der Waals surface area contributed by atoms with E-state index in [-0.39, 0.29) is 22.8 Å². The molecule has 1 heterocycles. The number of hydrogen-bond donors (Lipinski definition) is 1. The molecule has 3 aromatic carbocycles. The second kappa shape index (κ2) is 9.22. The molecule has 0 aromatic heterocycles. The van der Waals surface area contributed by atoms with Crippen molar-refractivity contribution in [1.82, 2.24) is 5.32 Å². The topological polar surface area (TPSA) is 75.7 Å². The number of methoxy groups -OCH3 is 1. The van der Waals surface area contributed by atoms with E-state index < -0.39 is 15.9 Å². The Labute approximate surface area is 192 Å². The van der Waals surface area contributed by atoms with Gasteiger partial charge in [0.1, 0.15) is 10.6 Å². The van der Waals surface area contributed by atoms with Gasteiger partial charge in [0.15, 0.2) is 0 Å². The van der Waals surface area contributed by atoms with Crippen molar-refractivity contribution in [3.05, 3.63) is 88.4 Å². The third kappa shape index (κ3) is 4.31. The summed E-state index contributed by atoms with van der Waals surface area (Å²) in [5.74, 6) is -0.209. The first-order chi connectivity index (χ1) is 15.4. The zero-order valence-electron chi connectivity index (χ0n) is 17.5. The third-order valence-corrected chi connectivity index (χ3v) is 7.66. The van der Waals surface area contributed by atoms with Crippen LogP contribution in [0.25, 0.3) is 0 Å². The first kappa shape index (κ1) is 22.2. The molecule has 0 radical (unpaired) electrons. The summed E-state index contributed by atoms with van der Waals surface area (Å²) in [6, 6.07) is 19.1. The van der Waals surface area contributed by atoms with Crippen LogP contribution < -0.4 is 14.4 Å². The summed E-state index contributed by atoms with van der Waals surface area (Å²) >= 11 is 6.15. The Morgan fingerprint density at radius 2 is 1.84 bits per heavy atom. The van der Waals surface area contributed by atoms with E-state index in [4.69, 9.17) is 16.3 Å². The number of ether oxygens (including phenoxy) is 1. The molecule has 4 rings (SSSR count). The number of sulfonamides is 1. The van der Waals surface area contributed by atoms with Crippen molar-refractivity contribution in [2.24, 2.45) is 0 Å². The summed E-state index contributed by atoms with van der Waals surface area (Å²) in [5.41, 5.74) is 2.64. The molecule has 6 nitrogen and oxygen atoms in total. The number of hydrogen-bond acceptors (Lipinski definition) is 4. The molecule has 1 amide bonds. The van der Waals surface area contributed by atoms with Crippen molar-refractivity contribution in [2.45, 2.75) is 24.3 Å². The number of rotatable bonds is 6. The standard InChI is InChI=1S/C24H23ClN2O4S/c1-31-22-13-12-18(24(28)26-16-19-8-2-4-10-20(19)25)15-23(22)32(29,30)27-14-6-9-17-7-3-5-11-21(17)27/h2-5,7-8,10-13,15H,6,9,14,16H2,1H3,(H,26,28). The van der Waals surface area contributed by atoms with E-state index in [1.54, 1.807) is 18.2 Å². The number of aryl methyl sites for hydroxylation is 1. The number of fused-ring (bicyclic) bond motifs is 1. The molecule has 0 spiro atoms. The van der Waals surface area contributed by atoms with Crippen LogP contribution in [0, 0.1) is 0 Å². The van der Waals surface area contributed by atoms with Gasteiger partial charge < -0.3 is 10.1 Å². The van der Waals surface area contributed by atoms with Crippen LogP contribution in [0.1, 0.15) is 27.9 Å². The Kier molecular flexibility index (Phi) is 6.39. The number of para-hydroxylation sites is 1. The van der Waals surface area contributed by atoms with Gasteiger partial charge in [-0.2, -0.15) is 0 Å². The van der Waals surface area contributed by atoms with E-state index in [1.807, 2.05) is 36.4 Å². The number of anilines is 1. The van der Waals surface area contributed by atoms with Crippen LogP contribution in [0.2, 0.25) is 5.02 Å². The van der Waals surface area contributed by atoms with Crippen molar-refractivity contribution < 1.29 is 17.9 Å². The highest BCUT2D eigenvalue weighted by Crippen LogP contribution is 2.35. The van der Waals surface area contributed by atoms with Crippen molar-refractivity contribution in [1.29, 1.82) is 0 Å². The highest BCUT2D eigenvalue weighted by Gasteiger charge is 2.32. The second-order valence-electron chi connectivity index (χ2n) is 7.45. The van der Waals surface area contributed by atoms with E-state index in [0.717, 1.165) is 24.0 Å². The van der Waals surface area contributed by atoms with E-state index in [1.165, 1.54) is 23.5 Å². The summed E-state index contributed by atoms with van der Waals surface area (Å²) in [6.45, 7) is 0.595. The Morgan fingerprint density at radius 3 is 2.62 bits per heavy atom. The maximum Gasteiger partial charge on any atom is 0.268 e. The Morgan fingerprint density at radius 1 is 1.09 bits per heavy atom. The van der Waals surface area contributed by atoms with Gasteiger partial charge in [0.25, 0.3) is 15.9 Å².